The van der Waals surface area contributed by atoms with E-state index in [4.69, 9.17) is 9.47 Å². The molecule has 1 aliphatic carbocycles. The maximum atomic E-state index is 12.3. The summed E-state index contributed by atoms with van der Waals surface area (Å²) in [5.41, 5.74) is 2.94. The fourth-order valence-electron chi connectivity index (χ4n) is 2.58. The molecule has 4 heteroatoms. The molecule has 2 aromatic rings. The topological polar surface area (TPSA) is 52.6 Å². The van der Waals surface area contributed by atoms with E-state index in [9.17, 15) is 9.59 Å². The van der Waals surface area contributed by atoms with Crippen molar-refractivity contribution in [3.63, 3.8) is 0 Å². The molecule has 0 saturated heterocycles. The lowest BCUT2D eigenvalue weighted by Crippen LogP contribution is -2.18. The first-order chi connectivity index (χ1) is 13.0. The molecule has 4 nitrogen and oxygen atoms in total. The van der Waals surface area contributed by atoms with Crippen molar-refractivity contribution in [1.29, 1.82) is 0 Å². The largest absolute Gasteiger partial charge is 0.454 e. The Kier molecular flexibility index (Phi) is 5.67. The zero-order valence-electron chi connectivity index (χ0n) is 15.1. The van der Waals surface area contributed by atoms with Gasteiger partial charge in [0.25, 0.3) is 0 Å². The van der Waals surface area contributed by atoms with Gasteiger partial charge in [-0.05, 0) is 48.4 Å². The van der Waals surface area contributed by atoms with Gasteiger partial charge in [0.2, 0.25) is 0 Å². The Morgan fingerprint density at radius 1 is 1.00 bits per heavy atom. The van der Waals surface area contributed by atoms with Gasteiger partial charge >= 0.3 is 11.9 Å². The number of hydrogen-bond acceptors (Lipinski definition) is 4. The lowest BCUT2D eigenvalue weighted by molar-refractivity contribution is -0.142. The number of rotatable bonds is 5. The zero-order chi connectivity index (χ0) is 19.2. The zero-order valence-corrected chi connectivity index (χ0v) is 15.1. The fourth-order valence-corrected chi connectivity index (χ4v) is 2.58. The lowest BCUT2D eigenvalue weighted by Gasteiger charge is -2.17. The maximum absolute atomic E-state index is 12.3. The van der Waals surface area contributed by atoms with Crippen LogP contribution in [0.25, 0.3) is 11.1 Å². The van der Waals surface area contributed by atoms with Crippen LogP contribution in [0.5, 0.6) is 0 Å². The molecule has 1 atom stereocenters. The molecule has 0 bridgehead atoms. The van der Waals surface area contributed by atoms with Crippen LogP contribution in [0.3, 0.4) is 0 Å². The Hall–Kier alpha value is -3.40. The molecule has 3 rings (SSSR count). The average Bonchev–Trinajstić information content (AvgIpc) is 2.70. The van der Waals surface area contributed by atoms with Gasteiger partial charge in [0.15, 0.2) is 0 Å². The standard InChI is InChI=1S/C23H20O4/c1-16(2)22(24)26-20-12-14-21(15-13-20)27-23(25)19-10-8-18(9-11-19)17-6-4-3-5-7-17/h3-12,14-15,20H,1,13H2,2H3. The van der Waals surface area contributed by atoms with Gasteiger partial charge in [-0.1, -0.05) is 49.0 Å². The molecule has 0 amide bonds. The molecule has 136 valence electrons. The summed E-state index contributed by atoms with van der Waals surface area (Å²) in [5.74, 6) is -0.422. The Morgan fingerprint density at radius 2 is 1.67 bits per heavy atom. The van der Waals surface area contributed by atoms with Crippen LogP contribution in [-0.4, -0.2) is 18.0 Å². The minimum absolute atomic E-state index is 0.351. The SMILES string of the molecule is C=C(C)C(=O)OC1C=CC(OC(=O)c2ccc(-c3ccccc3)cc2)=CC1. The molecule has 0 saturated carbocycles. The van der Waals surface area contributed by atoms with Gasteiger partial charge in [-0.15, -0.1) is 0 Å². The maximum Gasteiger partial charge on any atom is 0.343 e. The molecule has 0 heterocycles. The van der Waals surface area contributed by atoms with Crippen molar-refractivity contribution >= 4 is 11.9 Å². The van der Waals surface area contributed by atoms with E-state index >= 15 is 0 Å². The van der Waals surface area contributed by atoms with Gasteiger partial charge in [-0.2, -0.15) is 0 Å². The van der Waals surface area contributed by atoms with E-state index in [1.807, 2.05) is 42.5 Å². The normalized spacial score (nSPS) is 15.6. The molecule has 0 fully saturated rings. The second-order valence-corrected chi connectivity index (χ2v) is 6.26. The highest BCUT2D eigenvalue weighted by molar-refractivity contribution is 5.91. The summed E-state index contributed by atoms with van der Waals surface area (Å²) in [4.78, 5) is 23.8. The molecule has 0 aliphatic heterocycles. The Balaban J connectivity index is 1.58. The van der Waals surface area contributed by atoms with Crippen molar-refractivity contribution in [2.45, 2.75) is 19.4 Å². The summed E-state index contributed by atoms with van der Waals surface area (Å²) in [6.45, 7) is 5.15. The predicted molar refractivity (Wildman–Crippen MR) is 104 cm³/mol. The molecule has 1 unspecified atom stereocenters. The Bertz CT molecular complexity index is 905. The van der Waals surface area contributed by atoms with Crippen LogP contribution in [0.4, 0.5) is 0 Å². The third-order valence-corrected chi connectivity index (χ3v) is 4.07. The van der Waals surface area contributed by atoms with Crippen molar-refractivity contribution in [1.82, 2.24) is 0 Å². The predicted octanol–water partition coefficient (Wildman–Crippen LogP) is 4.84. The van der Waals surface area contributed by atoms with Gasteiger partial charge in [-0.25, -0.2) is 9.59 Å². The highest BCUT2D eigenvalue weighted by atomic mass is 16.5. The van der Waals surface area contributed by atoms with E-state index in [0.29, 0.717) is 23.3 Å². The molecule has 1 aliphatic rings. The smallest absolute Gasteiger partial charge is 0.343 e. The molecule has 2 aromatic carbocycles. The van der Waals surface area contributed by atoms with E-state index < -0.39 is 11.9 Å². The van der Waals surface area contributed by atoms with Gasteiger partial charge < -0.3 is 9.47 Å². The number of carbonyl (C=O) groups excluding carboxylic acids is 2. The quantitative estimate of drug-likeness (QED) is 0.565. The minimum Gasteiger partial charge on any atom is -0.454 e. The number of esters is 2. The van der Waals surface area contributed by atoms with Crippen LogP contribution >= 0.6 is 0 Å². The highest BCUT2D eigenvalue weighted by Crippen LogP contribution is 2.21. The Labute approximate surface area is 158 Å². The van der Waals surface area contributed by atoms with E-state index in [1.54, 1.807) is 37.3 Å². The highest BCUT2D eigenvalue weighted by Gasteiger charge is 2.17. The van der Waals surface area contributed by atoms with Crippen LogP contribution in [-0.2, 0) is 14.3 Å². The summed E-state index contributed by atoms with van der Waals surface area (Å²) in [5, 5.41) is 0. The van der Waals surface area contributed by atoms with Crippen molar-refractivity contribution in [3.8, 4) is 11.1 Å². The molecular weight excluding hydrogens is 340 g/mol. The van der Waals surface area contributed by atoms with E-state index in [-0.39, 0.29) is 6.10 Å². The van der Waals surface area contributed by atoms with Crippen molar-refractivity contribution < 1.29 is 19.1 Å². The van der Waals surface area contributed by atoms with Crippen molar-refractivity contribution in [2.75, 3.05) is 0 Å². The number of allylic oxidation sites excluding steroid dienone is 1. The van der Waals surface area contributed by atoms with Gasteiger partial charge in [0, 0.05) is 12.0 Å². The van der Waals surface area contributed by atoms with Crippen LogP contribution in [0.2, 0.25) is 0 Å². The van der Waals surface area contributed by atoms with E-state index in [2.05, 4.69) is 6.58 Å². The number of ether oxygens (including phenoxy) is 2. The molecule has 0 spiro atoms. The first-order valence-electron chi connectivity index (χ1n) is 8.65. The fraction of sp³-hybridized carbons (Fsp3) is 0.130. The second-order valence-electron chi connectivity index (χ2n) is 6.26. The summed E-state index contributed by atoms with van der Waals surface area (Å²) >= 11 is 0. The van der Waals surface area contributed by atoms with Gasteiger partial charge in [0.1, 0.15) is 11.9 Å². The average molecular weight is 360 g/mol. The Morgan fingerprint density at radius 3 is 2.26 bits per heavy atom. The molecular formula is C23H20O4. The van der Waals surface area contributed by atoms with E-state index in [0.717, 1.165) is 11.1 Å². The van der Waals surface area contributed by atoms with E-state index in [1.165, 1.54) is 0 Å². The number of hydrogen-bond donors (Lipinski definition) is 0. The van der Waals surface area contributed by atoms with Gasteiger partial charge in [0.05, 0.1) is 5.56 Å². The monoisotopic (exact) mass is 360 g/mol. The van der Waals surface area contributed by atoms with Crippen LogP contribution in [0.1, 0.15) is 23.7 Å². The van der Waals surface area contributed by atoms with Crippen molar-refractivity contribution in [2.24, 2.45) is 0 Å². The third kappa shape index (κ3) is 4.82. The molecule has 0 radical (unpaired) electrons. The van der Waals surface area contributed by atoms with Crippen LogP contribution in [0, 0.1) is 0 Å². The van der Waals surface area contributed by atoms with Crippen LogP contribution < -0.4 is 0 Å². The van der Waals surface area contributed by atoms with Gasteiger partial charge in [-0.3, -0.25) is 0 Å². The molecule has 0 N–H and O–H groups in total. The summed E-state index contributed by atoms with van der Waals surface area (Å²) in [7, 11) is 0. The minimum atomic E-state index is -0.433. The molecule has 27 heavy (non-hydrogen) atoms. The first-order valence-corrected chi connectivity index (χ1v) is 8.65. The summed E-state index contributed by atoms with van der Waals surface area (Å²) < 4.78 is 10.6. The van der Waals surface area contributed by atoms with Crippen molar-refractivity contribution in [3.05, 3.63) is 96.3 Å². The first kappa shape index (κ1) is 18.4. The summed E-state index contributed by atoms with van der Waals surface area (Å²) in [6, 6.07) is 17.2. The number of carbonyl (C=O) groups is 2. The van der Waals surface area contributed by atoms with Crippen LogP contribution in [0.15, 0.2) is 90.7 Å². The lowest BCUT2D eigenvalue weighted by atomic mass is 10.0. The summed E-state index contributed by atoms with van der Waals surface area (Å²) in [6.07, 6.45) is 5.14. The number of benzene rings is 2. The second kappa shape index (κ2) is 8.32. The third-order valence-electron chi connectivity index (χ3n) is 4.07. The molecule has 0 aromatic heterocycles.